The van der Waals surface area contributed by atoms with Gasteiger partial charge in [-0.15, -0.1) is 0 Å². The van der Waals surface area contributed by atoms with Crippen LogP contribution >= 0.6 is 12.2 Å². The Morgan fingerprint density at radius 3 is 2.76 bits per heavy atom. The first kappa shape index (κ1) is 12.3. The molecule has 0 amide bonds. The third kappa shape index (κ3) is 3.68. The Kier molecular flexibility index (Phi) is 4.34. The number of benzene rings is 1. The van der Waals surface area contributed by atoms with Crippen LogP contribution in [0.1, 0.15) is 18.4 Å². The molecule has 1 atom stereocenters. The van der Waals surface area contributed by atoms with Crippen molar-refractivity contribution in [3.05, 3.63) is 29.8 Å². The SMILES string of the molecule is NC(=S)c1ccc(NCC2CCCOC2)cc1. The van der Waals surface area contributed by atoms with Crippen LogP contribution in [0.5, 0.6) is 0 Å². The molecule has 1 aliphatic rings. The summed E-state index contributed by atoms with van der Waals surface area (Å²) in [6.07, 6.45) is 2.42. The van der Waals surface area contributed by atoms with Gasteiger partial charge in [-0.3, -0.25) is 0 Å². The number of hydrogen-bond acceptors (Lipinski definition) is 3. The minimum absolute atomic E-state index is 0.442. The van der Waals surface area contributed by atoms with Crippen LogP contribution in [0.2, 0.25) is 0 Å². The van der Waals surface area contributed by atoms with E-state index in [0.29, 0.717) is 10.9 Å². The predicted octanol–water partition coefficient (Wildman–Crippen LogP) is 2.16. The average Bonchev–Trinajstić information content (AvgIpc) is 2.38. The van der Waals surface area contributed by atoms with Gasteiger partial charge in [-0.1, -0.05) is 12.2 Å². The van der Waals surface area contributed by atoms with Crippen LogP contribution in [0, 0.1) is 5.92 Å². The summed E-state index contributed by atoms with van der Waals surface area (Å²) in [6, 6.07) is 7.92. The van der Waals surface area contributed by atoms with Gasteiger partial charge in [0.2, 0.25) is 0 Å². The van der Waals surface area contributed by atoms with E-state index in [0.717, 1.165) is 31.0 Å². The highest BCUT2D eigenvalue weighted by Gasteiger charge is 2.13. The lowest BCUT2D eigenvalue weighted by atomic mass is 10.0. The number of anilines is 1. The third-order valence-electron chi connectivity index (χ3n) is 3.02. The molecular formula is C13H18N2OS. The van der Waals surface area contributed by atoms with Crippen LogP contribution in [0.15, 0.2) is 24.3 Å². The van der Waals surface area contributed by atoms with Gasteiger partial charge in [-0.05, 0) is 43.0 Å². The monoisotopic (exact) mass is 250 g/mol. The molecule has 3 N–H and O–H groups in total. The van der Waals surface area contributed by atoms with Gasteiger partial charge in [-0.25, -0.2) is 0 Å². The van der Waals surface area contributed by atoms with E-state index in [9.17, 15) is 0 Å². The summed E-state index contributed by atoms with van der Waals surface area (Å²) in [4.78, 5) is 0.442. The van der Waals surface area contributed by atoms with Crippen LogP contribution in [0.25, 0.3) is 0 Å². The second kappa shape index (κ2) is 5.98. The van der Waals surface area contributed by atoms with Crippen LogP contribution in [-0.4, -0.2) is 24.7 Å². The molecule has 1 saturated heterocycles. The smallest absolute Gasteiger partial charge is 0.103 e. The molecule has 1 heterocycles. The second-order valence-corrected chi connectivity index (χ2v) is 4.85. The van der Waals surface area contributed by atoms with Gasteiger partial charge in [-0.2, -0.15) is 0 Å². The van der Waals surface area contributed by atoms with E-state index in [1.54, 1.807) is 0 Å². The van der Waals surface area contributed by atoms with Crippen molar-refractivity contribution >= 4 is 22.9 Å². The van der Waals surface area contributed by atoms with Crippen molar-refractivity contribution in [3.63, 3.8) is 0 Å². The van der Waals surface area contributed by atoms with E-state index in [1.807, 2.05) is 24.3 Å². The quantitative estimate of drug-likeness (QED) is 0.804. The fourth-order valence-electron chi connectivity index (χ4n) is 1.98. The third-order valence-corrected chi connectivity index (χ3v) is 3.25. The van der Waals surface area contributed by atoms with Gasteiger partial charge in [0.1, 0.15) is 4.99 Å². The van der Waals surface area contributed by atoms with E-state index in [4.69, 9.17) is 22.7 Å². The van der Waals surface area contributed by atoms with Crippen molar-refractivity contribution in [1.82, 2.24) is 0 Å². The van der Waals surface area contributed by atoms with Crippen molar-refractivity contribution in [2.45, 2.75) is 12.8 Å². The maximum Gasteiger partial charge on any atom is 0.103 e. The largest absolute Gasteiger partial charge is 0.389 e. The molecule has 3 nitrogen and oxygen atoms in total. The van der Waals surface area contributed by atoms with Crippen molar-refractivity contribution in [3.8, 4) is 0 Å². The summed E-state index contributed by atoms with van der Waals surface area (Å²) in [7, 11) is 0. The molecule has 92 valence electrons. The molecule has 1 unspecified atom stereocenters. The fraction of sp³-hybridized carbons (Fsp3) is 0.462. The lowest BCUT2D eigenvalue weighted by molar-refractivity contribution is 0.0595. The number of rotatable bonds is 4. The summed E-state index contributed by atoms with van der Waals surface area (Å²) in [5, 5.41) is 3.42. The first-order chi connectivity index (χ1) is 8.25. The molecule has 0 aromatic heterocycles. The van der Waals surface area contributed by atoms with Crippen molar-refractivity contribution in [2.24, 2.45) is 11.7 Å². The number of nitrogens with one attached hydrogen (secondary N) is 1. The van der Waals surface area contributed by atoms with E-state index >= 15 is 0 Å². The van der Waals surface area contributed by atoms with E-state index in [-0.39, 0.29) is 0 Å². The lowest BCUT2D eigenvalue weighted by Crippen LogP contribution is -2.24. The minimum atomic E-state index is 0.442. The van der Waals surface area contributed by atoms with Crippen molar-refractivity contribution in [1.29, 1.82) is 0 Å². The first-order valence-corrected chi connectivity index (χ1v) is 6.38. The molecule has 1 aliphatic heterocycles. The van der Waals surface area contributed by atoms with Crippen molar-refractivity contribution < 1.29 is 4.74 Å². The molecule has 1 fully saturated rings. The molecule has 4 heteroatoms. The van der Waals surface area contributed by atoms with Gasteiger partial charge < -0.3 is 15.8 Å². The van der Waals surface area contributed by atoms with Gasteiger partial charge >= 0.3 is 0 Å². The summed E-state index contributed by atoms with van der Waals surface area (Å²) in [5.74, 6) is 0.624. The Bertz CT molecular complexity index is 372. The Labute approximate surface area is 107 Å². The van der Waals surface area contributed by atoms with Crippen LogP contribution < -0.4 is 11.1 Å². The zero-order valence-corrected chi connectivity index (χ0v) is 10.6. The molecule has 0 spiro atoms. The summed E-state index contributed by atoms with van der Waals surface area (Å²) >= 11 is 4.91. The maximum absolute atomic E-state index is 5.55. The normalized spacial score (nSPS) is 19.9. The highest BCUT2D eigenvalue weighted by atomic mass is 32.1. The number of thiocarbonyl (C=S) groups is 1. The van der Waals surface area contributed by atoms with Crippen molar-refractivity contribution in [2.75, 3.05) is 25.1 Å². The highest BCUT2D eigenvalue weighted by molar-refractivity contribution is 7.80. The Morgan fingerprint density at radius 1 is 1.41 bits per heavy atom. The van der Waals surface area contributed by atoms with Crippen LogP contribution in [-0.2, 0) is 4.74 Å². The molecule has 0 saturated carbocycles. The number of hydrogen-bond donors (Lipinski definition) is 2. The van der Waals surface area contributed by atoms with Gasteiger partial charge in [0.15, 0.2) is 0 Å². The Balaban J connectivity index is 1.84. The Hall–Kier alpha value is -1.13. The van der Waals surface area contributed by atoms with Crippen LogP contribution in [0.4, 0.5) is 5.69 Å². The predicted molar refractivity (Wildman–Crippen MR) is 74.4 cm³/mol. The molecule has 1 aromatic rings. The van der Waals surface area contributed by atoms with E-state index in [2.05, 4.69) is 5.32 Å². The molecule has 0 bridgehead atoms. The molecule has 0 aliphatic carbocycles. The first-order valence-electron chi connectivity index (χ1n) is 5.97. The molecule has 17 heavy (non-hydrogen) atoms. The molecular weight excluding hydrogens is 232 g/mol. The molecule has 2 rings (SSSR count). The average molecular weight is 250 g/mol. The van der Waals surface area contributed by atoms with E-state index < -0.39 is 0 Å². The van der Waals surface area contributed by atoms with E-state index in [1.165, 1.54) is 12.8 Å². The fourth-order valence-corrected chi connectivity index (χ4v) is 2.12. The standard InChI is InChI=1S/C13H18N2OS/c14-13(17)11-3-5-12(6-4-11)15-8-10-2-1-7-16-9-10/h3-6,10,15H,1-2,7-9H2,(H2,14,17). The topological polar surface area (TPSA) is 47.3 Å². The van der Waals surface area contributed by atoms with Crippen LogP contribution in [0.3, 0.4) is 0 Å². The summed E-state index contributed by atoms with van der Waals surface area (Å²) in [6.45, 7) is 2.75. The zero-order valence-electron chi connectivity index (χ0n) is 9.82. The zero-order chi connectivity index (χ0) is 12.1. The Morgan fingerprint density at radius 2 is 2.18 bits per heavy atom. The van der Waals surface area contributed by atoms with Gasteiger partial charge in [0.05, 0.1) is 6.61 Å². The minimum Gasteiger partial charge on any atom is -0.389 e. The summed E-state index contributed by atoms with van der Waals surface area (Å²) in [5.41, 5.74) is 7.57. The molecule has 0 radical (unpaired) electrons. The highest BCUT2D eigenvalue weighted by Crippen LogP contribution is 2.15. The van der Waals surface area contributed by atoms with Gasteiger partial charge in [0, 0.05) is 24.4 Å². The summed E-state index contributed by atoms with van der Waals surface area (Å²) < 4.78 is 5.45. The second-order valence-electron chi connectivity index (χ2n) is 4.41. The number of ether oxygens (including phenoxy) is 1. The molecule has 1 aromatic carbocycles. The number of nitrogens with two attached hydrogens (primary N) is 1. The maximum atomic E-state index is 5.55. The van der Waals surface area contributed by atoms with Gasteiger partial charge in [0.25, 0.3) is 0 Å². The lowest BCUT2D eigenvalue weighted by Gasteiger charge is -2.22.